The van der Waals surface area contributed by atoms with Crippen molar-refractivity contribution >= 4 is 11.9 Å². The summed E-state index contributed by atoms with van der Waals surface area (Å²) in [6, 6.07) is 22.3. The highest BCUT2D eigenvalue weighted by Crippen LogP contribution is 2.29. The lowest BCUT2D eigenvalue weighted by Gasteiger charge is -2.11. The number of allylic oxidation sites excluding steroid dienone is 1. The first kappa shape index (κ1) is 17.5. The quantitative estimate of drug-likeness (QED) is 0.495. The van der Waals surface area contributed by atoms with Crippen LogP contribution in [0.2, 0.25) is 0 Å². The van der Waals surface area contributed by atoms with Crippen molar-refractivity contribution < 1.29 is 14.6 Å². The topological polar surface area (TPSA) is 46.5 Å². The van der Waals surface area contributed by atoms with Gasteiger partial charge >= 0.3 is 0 Å². The van der Waals surface area contributed by atoms with Crippen LogP contribution in [0.15, 0.2) is 78.9 Å². The van der Waals surface area contributed by atoms with Gasteiger partial charge in [-0.25, -0.2) is 0 Å². The maximum absolute atomic E-state index is 12.7. The van der Waals surface area contributed by atoms with Crippen LogP contribution in [0.5, 0.6) is 11.5 Å². The van der Waals surface area contributed by atoms with Gasteiger partial charge < -0.3 is 9.84 Å². The van der Waals surface area contributed by atoms with Gasteiger partial charge in [-0.2, -0.15) is 0 Å². The van der Waals surface area contributed by atoms with Crippen LogP contribution in [0.25, 0.3) is 6.08 Å². The molecule has 0 atom stereocenters. The molecule has 0 bridgehead atoms. The van der Waals surface area contributed by atoms with Crippen molar-refractivity contribution in [3.8, 4) is 11.5 Å². The number of phenols is 1. The van der Waals surface area contributed by atoms with E-state index in [0.717, 1.165) is 16.7 Å². The third kappa shape index (κ3) is 4.19. The number of carbonyl (C=O) groups excluding carboxylic acids is 1. The lowest BCUT2D eigenvalue weighted by molar-refractivity contribution is 0.104. The lowest BCUT2D eigenvalue weighted by Crippen LogP contribution is -2.03. The van der Waals surface area contributed by atoms with Crippen LogP contribution in [0.3, 0.4) is 0 Å². The number of ether oxygens (including phenoxy) is 1. The molecule has 0 unspecified atom stereocenters. The minimum atomic E-state index is -0.297. The Hall–Kier alpha value is -3.33. The maximum atomic E-state index is 12.7. The maximum Gasteiger partial charge on any atom is 0.193 e. The van der Waals surface area contributed by atoms with E-state index in [1.807, 2.05) is 61.5 Å². The van der Waals surface area contributed by atoms with Crippen LogP contribution in [0.4, 0.5) is 0 Å². The van der Waals surface area contributed by atoms with E-state index in [0.29, 0.717) is 12.4 Å². The first-order chi connectivity index (χ1) is 12.6. The first-order valence-electron chi connectivity index (χ1n) is 8.42. The van der Waals surface area contributed by atoms with Crippen molar-refractivity contribution in [2.24, 2.45) is 0 Å². The number of ketones is 1. The summed E-state index contributed by atoms with van der Waals surface area (Å²) in [5.74, 6) is -0.0160. The Morgan fingerprint density at radius 2 is 1.69 bits per heavy atom. The summed E-state index contributed by atoms with van der Waals surface area (Å²) in [5.41, 5.74) is 3.20. The monoisotopic (exact) mass is 344 g/mol. The van der Waals surface area contributed by atoms with E-state index in [9.17, 15) is 9.90 Å². The van der Waals surface area contributed by atoms with E-state index >= 15 is 0 Å². The van der Waals surface area contributed by atoms with E-state index in [2.05, 4.69) is 0 Å². The van der Waals surface area contributed by atoms with Crippen molar-refractivity contribution in [1.82, 2.24) is 0 Å². The molecular formula is C23H20O3. The SMILES string of the molecule is Cc1ccccc1C=CC(=O)c1c(O)cccc1OCc1ccccc1. The van der Waals surface area contributed by atoms with Gasteiger partial charge in [-0.05, 0) is 41.8 Å². The minimum Gasteiger partial charge on any atom is -0.507 e. The Labute approximate surface area is 153 Å². The zero-order valence-corrected chi connectivity index (χ0v) is 14.6. The van der Waals surface area contributed by atoms with E-state index in [-0.39, 0.29) is 17.1 Å². The van der Waals surface area contributed by atoms with Crippen LogP contribution in [0.1, 0.15) is 27.0 Å². The second kappa shape index (κ2) is 8.17. The summed E-state index contributed by atoms with van der Waals surface area (Å²) in [6.45, 7) is 2.31. The molecule has 3 heteroatoms. The second-order valence-electron chi connectivity index (χ2n) is 5.98. The number of aryl methyl sites for hydroxylation is 1. The summed E-state index contributed by atoms with van der Waals surface area (Å²) in [7, 11) is 0. The summed E-state index contributed by atoms with van der Waals surface area (Å²) < 4.78 is 5.79. The van der Waals surface area contributed by atoms with Gasteiger partial charge in [0.2, 0.25) is 0 Å². The Kier molecular flexibility index (Phi) is 5.49. The normalized spacial score (nSPS) is 10.8. The van der Waals surface area contributed by atoms with Gasteiger partial charge in [-0.15, -0.1) is 0 Å². The molecule has 26 heavy (non-hydrogen) atoms. The van der Waals surface area contributed by atoms with Crippen molar-refractivity contribution in [2.45, 2.75) is 13.5 Å². The van der Waals surface area contributed by atoms with Crippen molar-refractivity contribution in [3.05, 3.63) is 101 Å². The molecule has 0 spiro atoms. The molecule has 0 saturated carbocycles. The molecule has 0 heterocycles. The van der Waals surface area contributed by atoms with Crippen LogP contribution in [0, 0.1) is 6.92 Å². The number of aromatic hydroxyl groups is 1. The molecule has 0 fully saturated rings. The molecular weight excluding hydrogens is 324 g/mol. The average molecular weight is 344 g/mol. The van der Waals surface area contributed by atoms with E-state index in [1.165, 1.54) is 12.1 Å². The van der Waals surface area contributed by atoms with E-state index in [1.54, 1.807) is 18.2 Å². The Bertz CT molecular complexity index is 927. The molecule has 0 saturated heterocycles. The molecule has 0 aliphatic rings. The highest BCUT2D eigenvalue weighted by atomic mass is 16.5. The number of phenolic OH excluding ortho intramolecular Hbond substituents is 1. The van der Waals surface area contributed by atoms with Crippen LogP contribution >= 0.6 is 0 Å². The smallest absolute Gasteiger partial charge is 0.193 e. The molecule has 0 amide bonds. The highest BCUT2D eigenvalue weighted by molar-refractivity contribution is 6.10. The molecule has 130 valence electrons. The summed E-state index contributed by atoms with van der Waals surface area (Å²) in [4.78, 5) is 12.7. The number of benzene rings is 3. The van der Waals surface area contributed by atoms with E-state index in [4.69, 9.17) is 4.74 Å². The van der Waals surface area contributed by atoms with E-state index < -0.39 is 0 Å². The second-order valence-corrected chi connectivity index (χ2v) is 5.98. The summed E-state index contributed by atoms with van der Waals surface area (Å²) in [6.07, 6.45) is 3.22. The lowest BCUT2D eigenvalue weighted by atomic mass is 10.0. The Balaban J connectivity index is 1.82. The van der Waals surface area contributed by atoms with Crippen LogP contribution in [-0.2, 0) is 6.61 Å². The first-order valence-corrected chi connectivity index (χ1v) is 8.42. The molecule has 0 radical (unpaired) electrons. The fourth-order valence-electron chi connectivity index (χ4n) is 2.65. The average Bonchev–Trinajstić information content (AvgIpc) is 2.66. The van der Waals surface area contributed by atoms with Crippen LogP contribution in [-0.4, -0.2) is 10.9 Å². The summed E-state index contributed by atoms with van der Waals surface area (Å²) >= 11 is 0. The van der Waals surface area contributed by atoms with Gasteiger partial charge in [0.15, 0.2) is 5.78 Å². The number of rotatable bonds is 6. The van der Waals surface area contributed by atoms with Crippen LogP contribution < -0.4 is 4.74 Å². The molecule has 3 nitrogen and oxygen atoms in total. The third-order valence-electron chi connectivity index (χ3n) is 4.09. The molecule has 3 aromatic rings. The van der Waals surface area contributed by atoms with Gasteiger partial charge in [-0.1, -0.05) is 66.7 Å². The summed E-state index contributed by atoms with van der Waals surface area (Å²) in [5, 5.41) is 10.2. The molecule has 0 aliphatic carbocycles. The Morgan fingerprint density at radius 3 is 2.46 bits per heavy atom. The third-order valence-corrected chi connectivity index (χ3v) is 4.09. The number of carbonyl (C=O) groups is 1. The molecule has 1 N–H and O–H groups in total. The molecule has 3 rings (SSSR count). The standard InChI is InChI=1S/C23H20O3/c1-17-8-5-6-11-19(17)14-15-21(25)23-20(24)12-7-13-22(23)26-16-18-9-3-2-4-10-18/h2-15,24H,16H2,1H3. The van der Waals surface area contributed by atoms with Crippen molar-refractivity contribution in [2.75, 3.05) is 0 Å². The highest BCUT2D eigenvalue weighted by Gasteiger charge is 2.15. The predicted octanol–water partition coefficient (Wildman–Crippen LogP) is 5.18. The van der Waals surface area contributed by atoms with Gasteiger partial charge in [0.1, 0.15) is 23.7 Å². The molecule has 3 aromatic carbocycles. The van der Waals surface area contributed by atoms with Gasteiger partial charge in [0, 0.05) is 0 Å². The number of hydrogen-bond donors (Lipinski definition) is 1. The molecule has 0 aliphatic heterocycles. The largest absolute Gasteiger partial charge is 0.507 e. The minimum absolute atomic E-state index is 0.0880. The fourth-order valence-corrected chi connectivity index (χ4v) is 2.65. The van der Waals surface area contributed by atoms with Gasteiger partial charge in [0.05, 0.1) is 0 Å². The Morgan fingerprint density at radius 1 is 0.962 bits per heavy atom. The van der Waals surface area contributed by atoms with Gasteiger partial charge in [0.25, 0.3) is 0 Å². The van der Waals surface area contributed by atoms with Gasteiger partial charge in [-0.3, -0.25) is 4.79 Å². The zero-order valence-electron chi connectivity index (χ0n) is 14.6. The zero-order chi connectivity index (χ0) is 18.4. The van der Waals surface area contributed by atoms with Crippen molar-refractivity contribution in [1.29, 1.82) is 0 Å². The number of hydrogen-bond acceptors (Lipinski definition) is 3. The molecule has 0 aromatic heterocycles. The van der Waals surface area contributed by atoms with Crippen molar-refractivity contribution in [3.63, 3.8) is 0 Å². The fraction of sp³-hybridized carbons (Fsp3) is 0.0870. The predicted molar refractivity (Wildman–Crippen MR) is 103 cm³/mol.